The second-order valence-electron chi connectivity index (χ2n) is 6.31. The van der Waals surface area contributed by atoms with Crippen LogP contribution in [0.15, 0.2) is 11.1 Å². The number of nitriles is 1. The molecule has 0 radical (unpaired) electrons. The number of hydrogen-bond acceptors (Lipinski definition) is 3. The van der Waals surface area contributed by atoms with Crippen molar-refractivity contribution in [1.82, 2.24) is 0 Å². The Morgan fingerprint density at radius 1 is 1.21 bits per heavy atom. The van der Waals surface area contributed by atoms with E-state index in [1.165, 1.54) is 0 Å². The van der Waals surface area contributed by atoms with Gasteiger partial charge in [-0.05, 0) is 44.9 Å². The molecule has 0 heterocycles. The Balaban J connectivity index is 2.78. The molecule has 3 nitrogen and oxygen atoms in total. The summed E-state index contributed by atoms with van der Waals surface area (Å²) in [5.41, 5.74) is 2.23. The quantitative estimate of drug-likeness (QED) is 0.690. The maximum atomic E-state index is 9.22. The Morgan fingerprint density at radius 2 is 1.79 bits per heavy atom. The highest BCUT2D eigenvalue weighted by atomic mass is 16.5. The molecule has 0 spiro atoms. The van der Waals surface area contributed by atoms with Gasteiger partial charge in [-0.2, -0.15) is 5.26 Å². The SMILES string of the molecule is COCC1(COC)C[C@@H](CC(C#N)=C(C)C)[C@H](C)C1. The Morgan fingerprint density at radius 3 is 2.21 bits per heavy atom. The van der Waals surface area contributed by atoms with Crippen LogP contribution in [-0.4, -0.2) is 27.4 Å². The highest BCUT2D eigenvalue weighted by molar-refractivity contribution is 5.26. The number of allylic oxidation sites excluding steroid dienone is 2. The van der Waals surface area contributed by atoms with Gasteiger partial charge in [-0.15, -0.1) is 0 Å². The molecule has 0 N–H and O–H groups in total. The lowest BCUT2D eigenvalue weighted by molar-refractivity contribution is 0.0107. The van der Waals surface area contributed by atoms with Crippen molar-refractivity contribution in [1.29, 1.82) is 5.26 Å². The fourth-order valence-electron chi connectivity index (χ4n) is 3.48. The zero-order valence-electron chi connectivity index (χ0n) is 13.0. The molecule has 0 unspecified atom stereocenters. The van der Waals surface area contributed by atoms with Crippen LogP contribution < -0.4 is 0 Å². The zero-order valence-corrected chi connectivity index (χ0v) is 13.0. The number of nitrogens with zero attached hydrogens (tertiary/aromatic N) is 1. The van der Waals surface area contributed by atoms with E-state index in [-0.39, 0.29) is 5.41 Å². The maximum Gasteiger partial charge on any atom is 0.0946 e. The zero-order chi connectivity index (χ0) is 14.5. The first-order valence-corrected chi connectivity index (χ1v) is 7.02. The van der Waals surface area contributed by atoms with E-state index in [0.29, 0.717) is 11.8 Å². The van der Waals surface area contributed by atoms with Gasteiger partial charge in [-0.3, -0.25) is 0 Å². The van der Waals surface area contributed by atoms with Gasteiger partial charge in [0.05, 0.1) is 19.3 Å². The molecule has 108 valence electrons. The predicted molar refractivity (Wildman–Crippen MR) is 76.7 cm³/mol. The van der Waals surface area contributed by atoms with Gasteiger partial charge in [0.25, 0.3) is 0 Å². The first kappa shape index (κ1) is 16.2. The molecule has 19 heavy (non-hydrogen) atoms. The Kier molecular flexibility index (Phi) is 6.03. The van der Waals surface area contributed by atoms with E-state index < -0.39 is 0 Å². The summed E-state index contributed by atoms with van der Waals surface area (Å²) in [6.07, 6.45) is 3.12. The smallest absolute Gasteiger partial charge is 0.0946 e. The molecule has 0 bridgehead atoms. The summed E-state index contributed by atoms with van der Waals surface area (Å²) >= 11 is 0. The molecule has 1 saturated carbocycles. The molecule has 0 aromatic carbocycles. The molecular formula is C16H27NO2. The van der Waals surface area contributed by atoms with E-state index >= 15 is 0 Å². The molecule has 1 aliphatic carbocycles. The molecule has 1 fully saturated rings. The number of rotatable bonds is 6. The van der Waals surface area contributed by atoms with Crippen LogP contribution >= 0.6 is 0 Å². The lowest BCUT2D eigenvalue weighted by atomic mass is 9.85. The van der Waals surface area contributed by atoms with Crippen LogP contribution in [0.4, 0.5) is 0 Å². The van der Waals surface area contributed by atoms with Crippen LogP contribution in [0.3, 0.4) is 0 Å². The van der Waals surface area contributed by atoms with E-state index in [1.807, 2.05) is 13.8 Å². The van der Waals surface area contributed by atoms with Crippen molar-refractivity contribution in [2.24, 2.45) is 17.3 Å². The molecule has 2 atom stereocenters. The second-order valence-corrected chi connectivity index (χ2v) is 6.31. The van der Waals surface area contributed by atoms with Gasteiger partial charge >= 0.3 is 0 Å². The summed E-state index contributed by atoms with van der Waals surface area (Å²) in [6.45, 7) is 7.83. The summed E-state index contributed by atoms with van der Waals surface area (Å²) in [5, 5.41) is 9.22. The third-order valence-corrected chi connectivity index (χ3v) is 4.36. The lowest BCUT2D eigenvalue weighted by Gasteiger charge is -2.27. The number of hydrogen-bond donors (Lipinski definition) is 0. The molecule has 0 amide bonds. The van der Waals surface area contributed by atoms with Gasteiger partial charge in [0.2, 0.25) is 0 Å². The van der Waals surface area contributed by atoms with Crippen LogP contribution in [0.25, 0.3) is 0 Å². The van der Waals surface area contributed by atoms with Crippen molar-refractivity contribution in [2.75, 3.05) is 27.4 Å². The first-order chi connectivity index (χ1) is 8.98. The monoisotopic (exact) mass is 265 g/mol. The maximum absolute atomic E-state index is 9.22. The Hall–Kier alpha value is -0.850. The fraction of sp³-hybridized carbons (Fsp3) is 0.812. The summed E-state index contributed by atoms with van der Waals surface area (Å²) in [4.78, 5) is 0. The van der Waals surface area contributed by atoms with Crippen molar-refractivity contribution in [3.63, 3.8) is 0 Å². The van der Waals surface area contributed by atoms with Crippen molar-refractivity contribution in [2.45, 2.75) is 40.0 Å². The number of methoxy groups -OCH3 is 2. The normalized spacial score (nSPS) is 25.1. The average Bonchev–Trinajstić information content (AvgIpc) is 2.63. The lowest BCUT2D eigenvalue weighted by Crippen LogP contribution is -2.29. The van der Waals surface area contributed by atoms with Gasteiger partial charge in [-0.1, -0.05) is 12.5 Å². The number of ether oxygens (including phenoxy) is 2. The first-order valence-electron chi connectivity index (χ1n) is 7.02. The molecule has 0 saturated heterocycles. The van der Waals surface area contributed by atoms with Gasteiger partial charge < -0.3 is 9.47 Å². The van der Waals surface area contributed by atoms with Crippen molar-refractivity contribution < 1.29 is 9.47 Å². The van der Waals surface area contributed by atoms with Crippen LogP contribution in [0, 0.1) is 28.6 Å². The van der Waals surface area contributed by atoms with E-state index in [0.717, 1.165) is 43.6 Å². The third-order valence-electron chi connectivity index (χ3n) is 4.36. The topological polar surface area (TPSA) is 42.2 Å². The largest absolute Gasteiger partial charge is 0.384 e. The molecular weight excluding hydrogens is 238 g/mol. The average molecular weight is 265 g/mol. The summed E-state index contributed by atoms with van der Waals surface area (Å²) < 4.78 is 10.8. The van der Waals surface area contributed by atoms with Gasteiger partial charge in [0.15, 0.2) is 0 Å². The molecule has 0 aromatic heterocycles. The second kappa shape index (κ2) is 7.07. The molecule has 1 rings (SSSR count). The third kappa shape index (κ3) is 4.06. The molecule has 3 heteroatoms. The summed E-state index contributed by atoms with van der Waals surface area (Å²) in [7, 11) is 3.51. The minimum atomic E-state index is 0.135. The Labute approximate surface area is 117 Å². The van der Waals surface area contributed by atoms with E-state index in [2.05, 4.69) is 13.0 Å². The predicted octanol–water partition coefficient (Wildman–Crippen LogP) is 3.56. The van der Waals surface area contributed by atoms with Crippen LogP contribution in [-0.2, 0) is 9.47 Å². The van der Waals surface area contributed by atoms with Crippen LogP contribution in [0.2, 0.25) is 0 Å². The van der Waals surface area contributed by atoms with Crippen LogP contribution in [0.5, 0.6) is 0 Å². The van der Waals surface area contributed by atoms with Gasteiger partial charge in [0.1, 0.15) is 0 Å². The van der Waals surface area contributed by atoms with Crippen LogP contribution in [0.1, 0.15) is 40.0 Å². The molecule has 1 aliphatic rings. The van der Waals surface area contributed by atoms with E-state index in [9.17, 15) is 5.26 Å². The van der Waals surface area contributed by atoms with E-state index in [1.54, 1.807) is 14.2 Å². The summed E-state index contributed by atoms with van der Waals surface area (Å²) in [6, 6.07) is 2.36. The standard InChI is InChI=1S/C16H27NO2/c1-12(2)15(9-17)6-14-8-16(10-18-4,11-19-5)7-13(14)3/h13-14H,6-8,10-11H2,1-5H3/t13-,14-/m1/s1. The summed E-state index contributed by atoms with van der Waals surface area (Å²) in [5.74, 6) is 1.18. The minimum absolute atomic E-state index is 0.135. The van der Waals surface area contributed by atoms with E-state index in [4.69, 9.17) is 9.47 Å². The highest BCUT2D eigenvalue weighted by Crippen LogP contribution is 2.48. The van der Waals surface area contributed by atoms with Gasteiger partial charge in [-0.25, -0.2) is 0 Å². The minimum Gasteiger partial charge on any atom is -0.384 e. The van der Waals surface area contributed by atoms with Crippen molar-refractivity contribution in [3.05, 3.63) is 11.1 Å². The molecule has 0 aromatic rings. The Bertz CT molecular complexity index is 357. The fourth-order valence-corrected chi connectivity index (χ4v) is 3.48. The van der Waals surface area contributed by atoms with Gasteiger partial charge in [0, 0.05) is 25.2 Å². The van der Waals surface area contributed by atoms with Crippen molar-refractivity contribution in [3.8, 4) is 6.07 Å². The molecule has 0 aliphatic heterocycles. The highest BCUT2D eigenvalue weighted by Gasteiger charge is 2.43. The van der Waals surface area contributed by atoms with Crippen molar-refractivity contribution >= 4 is 0 Å².